The Labute approximate surface area is 179 Å². The van der Waals surface area contributed by atoms with Gasteiger partial charge in [0, 0.05) is 44.7 Å². The van der Waals surface area contributed by atoms with Gasteiger partial charge in [0.05, 0.1) is 19.3 Å². The van der Waals surface area contributed by atoms with Gasteiger partial charge in [-0.3, -0.25) is 0 Å². The molecule has 0 spiro atoms. The maximum Gasteiger partial charge on any atom is 0.232 e. The lowest BCUT2D eigenvalue weighted by Crippen LogP contribution is -2.37. The van der Waals surface area contributed by atoms with E-state index in [4.69, 9.17) is 21.7 Å². The lowest BCUT2D eigenvalue weighted by Gasteiger charge is -2.28. The third kappa shape index (κ3) is 5.95. The van der Waals surface area contributed by atoms with Crippen LogP contribution in [0.5, 0.6) is 0 Å². The molecule has 0 amide bonds. The predicted octanol–water partition coefficient (Wildman–Crippen LogP) is 1.72. The summed E-state index contributed by atoms with van der Waals surface area (Å²) in [5, 5.41) is 8.15. The van der Waals surface area contributed by atoms with E-state index in [-0.39, 0.29) is 6.10 Å². The highest BCUT2D eigenvalue weighted by atomic mass is 32.2. The van der Waals surface area contributed by atoms with Crippen LogP contribution < -0.4 is 15.5 Å². The fraction of sp³-hybridized carbons (Fsp3) is 0.500. The monoisotopic (exact) mass is 433 g/mol. The van der Waals surface area contributed by atoms with Crippen LogP contribution in [0.25, 0.3) is 0 Å². The molecule has 0 aromatic carbocycles. The van der Waals surface area contributed by atoms with E-state index in [2.05, 4.69) is 35.5 Å². The van der Waals surface area contributed by atoms with Crippen LogP contribution in [0.15, 0.2) is 34.7 Å². The number of morpholine rings is 1. The molecule has 0 bridgehead atoms. The first-order valence-corrected chi connectivity index (χ1v) is 10.8. The Morgan fingerprint density at radius 2 is 2.03 bits per heavy atom. The number of nitrogens with zero attached hydrogens (tertiary/aromatic N) is 5. The van der Waals surface area contributed by atoms with Gasteiger partial charge in [0.25, 0.3) is 0 Å². The van der Waals surface area contributed by atoms with Crippen LogP contribution in [0.1, 0.15) is 12.8 Å². The van der Waals surface area contributed by atoms with Crippen molar-refractivity contribution in [2.24, 2.45) is 0 Å². The molecule has 0 saturated carbocycles. The van der Waals surface area contributed by atoms with Crippen molar-refractivity contribution in [2.75, 3.05) is 49.7 Å². The second kappa shape index (κ2) is 10.1. The van der Waals surface area contributed by atoms with E-state index in [1.807, 2.05) is 6.07 Å². The second-order valence-electron chi connectivity index (χ2n) is 6.59. The summed E-state index contributed by atoms with van der Waals surface area (Å²) in [5.41, 5.74) is 0. The Morgan fingerprint density at radius 1 is 1.21 bits per heavy atom. The lowest BCUT2D eigenvalue weighted by molar-refractivity contribution is 0.114. The average Bonchev–Trinajstić information content (AvgIpc) is 3.27. The van der Waals surface area contributed by atoms with E-state index in [0.29, 0.717) is 36.0 Å². The first kappa shape index (κ1) is 20.2. The molecule has 0 aliphatic carbocycles. The number of hydrogen-bond donors (Lipinski definition) is 2. The van der Waals surface area contributed by atoms with Crippen LogP contribution in [0.3, 0.4) is 0 Å². The standard InChI is InChI=1S/C18H23N7O2S2/c28-17(21-12-13-3-1-8-27-13)24-16-22-14(25-6-9-26-10-7-25)11-15(23-16)29-18-19-4-2-5-20-18/h2,4-5,11,13H,1,3,6-10,12H2,(H2,21,22,23,24,28). The normalized spacial score (nSPS) is 19.2. The molecular formula is C18H23N7O2S2. The van der Waals surface area contributed by atoms with Crippen molar-refractivity contribution in [3.05, 3.63) is 24.5 Å². The maximum absolute atomic E-state index is 5.62. The van der Waals surface area contributed by atoms with Gasteiger partial charge in [0.2, 0.25) is 5.95 Å². The molecule has 29 heavy (non-hydrogen) atoms. The van der Waals surface area contributed by atoms with Crippen LogP contribution in [0.4, 0.5) is 11.8 Å². The molecule has 2 fully saturated rings. The molecule has 2 aromatic rings. The topological polar surface area (TPSA) is 97.3 Å². The molecule has 2 saturated heterocycles. The van der Waals surface area contributed by atoms with Gasteiger partial charge in [-0.1, -0.05) is 0 Å². The SMILES string of the molecule is S=C(NCC1CCCO1)Nc1nc(Sc2ncccn2)cc(N2CCOCC2)n1. The predicted molar refractivity (Wildman–Crippen MR) is 114 cm³/mol. The van der Waals surface area contributed by atoms with Crippen molar-refractivity contribution in [1.29, 1.82) is 0 Å². The number of thiocarbonyl (C=S) groups is 1. The van der Waals surface area contributed by atoms with Crippen molar-refractivity contribution in [3.8, 4) is 0 Å². The number of hydrogen-bond acceptors (Lipinski definition) is 9. The van der Waals surface area contributed by atoms with Crippen LogP contribution in [-0.4, -0.2) is 70.6 Å². The molecule has 2 aromatic heterocycles. The van der Waals surface area contributed by atoms with Crippen molar-refractivity contribution in [3.63, 3.8) is 0 Å². The van der Waals surface area contributed by atoms with Gasteiger partial charge in [0.1, 0.15) is 10.8 Å². The molecule has 4 rings (SSSR count). The van der Waals surface area contributed by atoms with E-state index in [9.17, 15) is 0 Å². The second-order valence-corrected chi connectivity index (χ2v) is 7.99. The van der Waals surface area contributed by atoms with Crippen molar-refractivity contribution < 1.29 is 9.47 Å². The Kier molecular flexibility index (Phi) is 7.04. The molecule has 9 nitrogen and oxygen atoms in total. The Morgan fingerprint density at radius 3 is 2.79 bits per heavy atom. The molecule has 1 atom stereocenters. The van der Waals surface area contributed by atoms with Crippen molar-refractivity contribution in [1.82, 2.24) is 25.3 Å². The number of nitrogens with one attached hydrogen (secondary N) is 2. The lowest BCUT2D eigenvalue weighted by atomic mass is 10.2. The molecule has 2 aliphatic heterocycles. The highest BCUT2D eigenvalue weighted by Crippen LogP contribution is 2.27. The summed E-state index contributed by atoms with van der Waals surface area (Å²) < 4.78 is 11.1. The van der Waals surface area contributed by atoms with Crippen LogP contribution in [0, 0.1) is 0 Å². The first-order valence-electron chi connectivity index (χ1n) is 9.59. The Bertz CT molecular complexity index is 815. The summed E-state index contributed by atoms with van der Waals surface area (Å²) in [6.45, 7) is 4.42. The third-order valence-corrected chi connectivity index (χ3v) is 5.56. The minimum absolute atomic E-state index is 0.205. The fourth-order valence-corrected chi connectivity index (χ4v) is 3.95. The van der Waals surface area contributed by atoms with Crippen molar-refractivity contribution in [2.45, 2.75) is 29.1 Å². The zero-order chi connectivity index (χ0) is 19.9. The maximum atomic E-state index is 5.62. The number of aromatic nitrogens is 4. The molecule has 11 heteroatoms. The zero-order valence-corrected chi connectivity index (χ0v) is 17.5. The van der Waals surface area contributed by atoms with Crippen LogP contribution >= 0.6 is 24.0 Å². The van der Waals surface area contributed by atoms with E-state index >= 15 is 0 Å². The van der Waals surface area contributed by atoms with Gasteiger partial charge >= 0.3 is 0 Å². The van der Waals surface area contributed by atoms with Gasteiger partial charge in [-0.25, -0.2) is 15.0 Å². The number of ether oxygens (including phenoxy) is 2. The smallest absolute Gasteiger partial charge is 0.232 e. The molecule has 154 valence electrons. The summed E-state index contributed by atoms with van der Waals surface area (Å²) >= 11 is 6.81. The zero-order valence-electron chi connectivity index (χ0n) is 15.9. The van der Waals surface area contributed by atoms with Gasteiger partial charge in [-0.05, 0) is 42.9 Å². The average molecular weight is 434 g/mol. The number of rotatable bonds is 6. The summed E-state index contributed by atoms with van der Waals surface area (Å²) in [6, 6.07) is 3.73. The number of anilines is 2. The van der Waals surface area contributed by atoms with Gasteiger partial charge in [-0.2, -0.15) is 4.98 Å². The largest absolute Gasteiger partial charge is 0.378 e. The minimum Gasteiger partial charge on any atom is -0.378 e. The molecule has 2 N–H and O–H groups in total. The molecule has 2 aliphatic rings. The Balaban J connectivity index is 1.47. The van der Waals surface area contributed by atoms with E-state index in [0.717, 1.165) is 43.4 Å². The summed E-state index contributed by atoms with van der Waals surface area (Å²) in [4.78, 5) is 19.9. The van der Waals surface area contributed by atoms with Crippen LogP contribution in [0.2, 0.25) is 0 Å². The highest BCUT2D eigenvalue weighted by molar-refractivity contribution is 7.99. The Hall–Kier alpha value is -2.08. The van der Waals surface area contributed by atoms with Gasteiger partial charge in [-0.15, -0.1) is 0 Å². The first-order chi connectivity index (χ1) is 14.3. The van der Waals surface area contributed by atoms with E-state index in [1.165, 1.54) is 11.8 Å². The van der Waals surface area contributed by atoms with Gasteiger partial charge in [0.15, 0.2) is 10.3 Å². The molecule has 1 unspecified atom stereocenters. The summed E-state index contributed by atoms with van der Waals surface area (Å²) in [5.74, 6) is 1.27. The fourth-order valence-electron chi connectivity index (χ4n) is 3.06. The van der Waals surface area contributed by atoms with Crippen molar-refractivity contribution >= 4 is 40.9 Å². The van der Waals surface area contributed by atoms with E-state index < -0.39 is 0 Å². The highest BCUT2D eigenvalue weighted by Gasteiger charge is 2.18. The van der Waals surface area contributed by atoms with E-state index in [1.54, 1.807) is 18.5 Å². The van der Waals surface area contributed by atoms with Gasteiger partial charge < -0.3 is 25.0 Å². The minimum atomic E-state index is 0.205. The summed E-state index contributed by atoms with van der Waals surface area (Å²) in [6.07, 6.45) is 5.78. The molecule has 4 heterocycles. The summed E-state index contributed by atoms with van der Waals surface area (Å²) in [7, 11) is 0. The quantitative estimate of drug-likeness (QED) is 0.396. The third-order valence-electron chi connectivity index (χ3n) is 4.50. The molecular weight excluding hydrogens is 410 g/mol. The van der Waals surface area contributed by atoms with Crippen LogP contribution in [-0.2, 0) is 9.47 Å². The molecule has 0 radical (unpaired) electrons.